The monoisotopic (exact) mass is 874 g/mol. The smallest absolute Gasteiger partial charge is 0.318 e. The molecule has 332 valence electrons. The minimum absolute atomic E-state index is 0.0898. The lowest BCUT2D eigenvalue weighted by atomic mass is 9.92. The highest BCUT2D eigenvalue weighted by Crippen LogP contribution is 2.22. The molecular formula is C46H66N8O5S2. The summed E-state index contributed by atoms with van der Waals surface area (Å²) in [6.45, 7) is 16.3. The number of carbonyl (C=O) groups is 4. The molecular weight excluding hydrogens is 809 g/mol. The average Bonchev–Trinajstić information content (AvgIpc) is 3.89. The number of aliphatic hydroxyl groups excluding tert-OH is 1. The van der Waals surface area contributed by atoms with Crippen molar-refractivity contribution in [2.45, 2.75) is 130 Å². The van der Waals surface area contributed by atoms with Crippen molar-refractivity contribution in [3.05, 3.63) is 104 Å². The molecule has 0 fully saturated rings. The zero-order valence-electron chi connectivity index (χ0n) is 37.3. The predicted molar refractivity (Wildman–Crippen MR) is 244 cm³/mol. The van der Waals surface area contributed by atoms with Crippen molar-refractivity contribution < 1.29 is 24.3 Å². The van der Waals surface area contributed by atoms with E-state index in [0.29, 0.717) is 19.4 Å². The molecule has 0 bridgehead atoms. The highest BCUT2D eigenvalue weighted by Gasteiger charge is 2.33. The molecule has 0 radical (unpaired) electrons. The Morgan fingerprint density at radius 2 is 1.02 bits per heavy atom. The van der Waals surface area contributed by atoms with Gasteiger partial charge >= 0.3 is 12.1 Å². The molecule has 0 saturated carbocycles. The van der Waals surface area contributed by atoms with Crippen LogP contribution in [-0.2, 0) is 35.5 Å². The van der Waals surface area contributed by atoms with Gasteiger partial charge in [-0.3, -0.25) is 9.59 Å². The van der Waals surface area contributed by atoms with Crippen molar-refractivity contribution in [3.63, 3.8) is 0 Å². The van der Waals surface area contributed by atoms with E-state index in [2.05, 4.69) is 58.9 Å². The number of hydrogen-bond donors (Lipinski definition) is 5. The molecule has 5 N–H and O–H groups in total. The summed E-state index contributed by atoms with van der Waals surface area (Å²) < 4.78 is 0. The topological polar surface area (TPSA) is 169 Å². The van der Waals surface area contributed by atoms with Crippen LogP contribution in [0.25, 0.3) is 0 Å². The Bertz CT molecular complexity index is 1990. The molecule has 2 aromatic carbocycles. The number of nitrogens with one attached hydrogen (secondary N) is 4. The molecule has 0 aliphatic rings. The third-order valence-corrected chi connectivity index (χ3v) is 12.8. The SMILES string of the molecule is CC(C)c1nc(CN(C)C(=O)N[C@H](C(=O)N[C@@H](Cc2ccccc2)C[C@H](O)[C@H](Cc2ccccc2)NC(=O)[C@@H](NC(=O)N(C)Cc2csc(C(C)C)n2)C(C)C)C(C)C)cs1. The molecule has 13 nitrogen and oxygen atoms in total. The number of urea groups is 2. The minimum Gasteiger partial charge on any atom is -0.391 e. The highest BCUT2D eigenvalue weighted by atomic mass is 32.1. The van der Waals surface area contributed by atoms with Crippen LogP contribution in [0.5, 0.6) is 0 Å². The number of carbonyl (C=O) groups excluding carboxylic acids is 4. The van der Waals surface area contributed by atoms with Gasteiger partial charge in [-0.05, 0) is 42.2 Å². The van der Waals surface area contributed by atoms with Crippen LogP contribution in [0.1, 0.15) is 106 Å². The average molecular weight is 875 g/mol. The van der Waals surface area contributed by atoms with Crippen LogP contribution < -0.4 is 21.3 Å². The molecule has 0 aliphatic heterocycles. The van der Waals surface area contributed by atoms with Gasteiger partial charge in [0.1, 0.15) is 12.1 Å². The summed E-state index contributed by atoms with van der Waals surface area (Å²) in [5, 5.41) is 30.0. The lowest BCUT2D eigenvalue weighted by molar-refractivity contribution is -0.126. The lowest BCUT2D eigenvalue weighted by Crippen LogP contribution is -2.58. The van der Waals surface area contributed by atoms with Gasteiger partial charge in [0.2, 0.25) is 11.8 Å². The first-order valence-electron chi connectivity index (χ1n) is 21.2. The molecule has 0 unspecified atom stereocenters. The molecule has 61 heavy (non-hydrogen) atoms. The van der Waals surface area contributed by atoms with Gasteiger partial charge in [0, 0.05) is 42.7 Å². The van der Waals surface area contributed by atoms with Gasteiger partial charge < -0.3 is 36.2 Å². The largest absolute Gasteiger partial charge is 0.391 e. The number of thiazole rings is 2. The zero-order chi connectivity index (χ0) is 44.8. The summed E-state index contributed by atoms with van der Waals surface area (Å²) in [5.41, 5.74) is 3.41. The van der Waals surface area contributed by atoms with E-state index in [9.17, 15) is 24.3 Å². The number of hydrogen-bond acceptors (Lipinski definition) is 9. The van der Waals surface area contributed by atoms with E-state index in [4.69, 9.17) is 0 Å². The Morgan fingerprint density at radius 1 is 0.607 bits per heavy atom. The summed E-state index contributed by atoms with van der Waals surface area (Å²) in [7, 11) is 3.34. The van der Waals surface area contributed by atoms with E-state index in [0.717, 1.165) is 32.5 Å². The van der Waals surface area contributed by atoms with E-state index in [1.165, 1.54) is 9.80 Å². The molecule has 6 amide bonds. The third kappa shape index (κ3) is 15.2. The maximum absolute atomic E-state index is 14.1. The van der Waals surface area contributed by atoms with Gasteiger partial charge in [0.25, 0.3) is 0 Å². The van der Waals surface area contributed by atoms with Crippen LogP contribution in [0.2, 0.25) is 0 Å². The van der Waals surface area contributed by atoms with Crippen LogP contribution in [0.3, 0.4) is 0 Å². The Kier molecular flexibility index (Phi) is 18.7. The number of aromatic nitrogens is 2. The van der Waals surface area contributed by atoms with Gasteiger partial charge in [-0.15, -0.1) is 22.7 Å². The van der Waals surface area contributed by atoms with E-state index in [-0.39, 0.29) is 42.5 Å². The quantitative estimate of drug-likeness (QED) is 0.0596. The molecule has 4 rings (SSSR count). The second-order valence-electron chi connectivity index (χ2n) is 17.2. The van der Waals surface area contributed by atoms with Crippen LogP contribution in [0.4, 0.5) is 9.59 Å². The van der Waals surface area contributed by atoms with Crippen LogP contribution in [0.15, 0.2) is 71.4 Å². The van der Waals surface area contributed by atoms with Gasteiger partial charge in [0.05, 0.1) is 46.6 Å². The number of nitrogens with zero attached hydrogens (tertiary/aromatic N) is 4. The first kappa shape index (κ1) is 48.8. The fourth-order valence-electron chi connectivity index (χ4n) is 6.77. The summed E-state index contributed by atoms with van der Waals surface area (Å²) >= 11 is 3.12. The zero-order valence-corrected chi connectivity index (χ0v) is 39.0. The standard InChI is InChI=1S/C46H66N8O5S2/c1-28(2)39(51-45(58)53(9)24-35-26-60-43(48-35)30(5)6)41(56)47-34(21-32-17-13-11-14-18-32)23-38(55)37(22-33-19-15-12-16-20-33)50-42(57)40(29(3)4)52-46(59)54(10)25-36-27-61-44(49-36)31(7)8/h11-20,26-31,34,37-40,55H,21-25H2,1-10H3,(H,47,56)(H,50,57)(H,51,58)(H,52,59)/t34-,37-,38-,39-,40-/m0/s1. The Hall–Kier alpha value is -4.86. The fourth-order valence-corrected chi connectivity index (χ4v) is 8.42. The van der Waals surface area contributed by atoms with Gasteiger partial charge in [-0.1, -0.05) is 116 Å². The second kappa shape index (κ2) is 23.4. The first-order chi connectivity index (χ1) is 28.9. The Morgan fingerprint density at radius 3 is 1.41 bits per heavy atom. The van der Waals surface area contributed by atoms with Crippen LogP contribution in [-0.4, -0.2) is 93.1 Å². The summed E-state index contributed by atoms with van der Waals surface area (Å²) in [5.74, 6) is -0.765. The van der Waals surface area contributed by atoms with E-state index in [1.54, 1.807) is 36.8 Å². The molecule has 4 aromatic rings. The molecule has 0 aliphatic carbocycles. The van der Waals surface area contributed by atoms with Crippen molar-refractivity contribution in [1.29, 1.82) is 0 Å². The summed E-state index contributed by atoms with van der Waals surface area (Å²) in [4.78, 5) is 67.4. The van der Waals surface area contributed by atoms with Crippen LogP contribution in [0, 0.1) is 11.8 Å². The fraction of sp³-hybridized carbons (Fsp3) is 0.522. The van der Waals surface area contributed by atoms with Crippen molar-refractivity contribution in [1.82, 2.24) is 41.0 Å². The van der Waals surface area contributed by atoms with Crippen LogP contribution >= 0.6 is 22.7 Å². The van der Waals surface area contributed by atoms with Gasteiger partial charge in [0.15, 0.2) is 0 Å². The minimum atomic E-state index is -1.11. The molecule has 5 atom stereocenters. The molecule has 2 heterocycles. The van der Waals surface area contributed by atoms with Crippen molar-refractivity contribution in [3.8, 4) is 0 Å². The summed E-state index contributed by atoms with van der Waals surface area (Å²) in [6, 6.07) is 15.3. The molecule has 0 spiro atoms. The van der Waals surface area contributed by atoms with E-state index < -0.39 is 48.2 Å². The molecule has 2 aromatic heterocycles. The maximum atomic E-state index is 14.1. The Labute approximate surface area is 370 Å². The van der Waals surface area contributed by atoms with E-state index in [1.807, 2.05) is 99.1 Å². The number of amides is 6. The highest BCUT2D eigenvalue weighted by molar-refractivity contribution is 7.10. The predicted octanol–water partition coefficient (Wildman–Crippen LogP) is 7.08. The number of benzene rings is 2. The van der Waals surface area contributed by atoms with Gasteiger partial charge in [-0.2, -0.15) is 0 Å². The van der Waals surface area contributed by atoms with E-state index >= 15 is 0 Å². The van der Waals surface area contributed by atoms with Crippen molar-refractivity contribution in [2.24, 2.45) is 11.8 Å². The normalized spacial score (nSPS) is 14.0. The maximum Gasteiger partial charge on any atom is 0.318 e. The van der Waals surface area contributed by atoms with Gasteiger partial charge in [-0.25, -0.2) is 19.6 Å². The molecule has 0 saturated heterocycles. The summed E-state index contributed by atoms with van der Waals surface area (Å²) in [6.07, 6.45) is -0.330. The van der Waals surface area contributed by atoms with Crippen molar-refractivity contribution in [2.75, 3.05) is 14.1 Å². The number of rotatable bonds is 21. The number of aliphatic hydroxyl groups is 1. The second-order valence-corrected chi connectivity index (χ2v) is 19.0. The lowest BCUT2D eigenvalue weighted by Gasteiger charge is -2.32. The first-order valence-corrected chi connectivity index (χ1v) is 23.0. The molecule has 15 heteroatoms. The van der Waals surface area contributed by atoms with Crippen molar-refractivity contribution >= 4 is 46.6 Å². The third-order valence-electron chi connectivity index (χ3n) is 10.4. The Balaban J connectivity index is 1.51.